The Morgan fingerprint density at radius 3 is 1.61 bits per heavy atom. The van der Waals surface area contributed by atoms with Crippen molar-refractivity contribution >= 4 is 9.12 Å². The average Bonchev–Trinajstić information content (AvgIpc) is 2.42. The fraction of sp³-hybridized carbons (Fsp3) is 0.600. The van der Waals surface area contributed by atoms with Gasteiger partial charge in [0.15, 0.2) is 0 Å². The zero-order valence-corrected chi connectivity index (χ0v) is 13.3. The van der Waals surface area contributed by atoms with Crippen molar-refractivity contribution in [3.8, 4) is 0 Å². The van der Waals surface area contributed by atoms with Crippen LogP contribution in [0.25, 0.3) is 0 Å². The molecule has 2 nitrogen and oxygen atoms in total. The molecule has 0 spiro atoms. The highest BCUT2D eigenvalue weighted by Gasteiger charge is 2.25. The minimum absolute atomic E-state index is 0.611. The lowest BCUT2D eigenvalue weighted by molar-refractivity contribution is 0.376. The topological polar surface area (TPSA) is 6.48 Å². The van der Waals surface area contributed by atoms with Gasteiger partial charge in [-0.05, 0) is 37.8 Å². The minimum atomic E-state index is -0.611. The second-order valence-corrected chi connectivity index (χ2v) is 6.87. The van der Waals surface area contributed by atoms with Crippen LogP contribution in [-0.2, 0) is 6.04 Å². The molecule has 0 aliphatic heterocycles. The van der Waals surface area contributed by atoms with E-state index in [1.807, 2.05) is 0 Å². The summed E-state index contributed by atoms with van der Waals surface area (Å²) >= 11 is 0. The van der Waals surface area contributed by atoms with E-state index < -0.39 is 9.12 Å². The van der Waals surface area contributed by atoms with Crippen molar-refractivity contribution in [3.05, 3.63) is 35.9 Å². The van der Waals surface area contributed by atoms with Gasteiger partial charge in [0, 0.05) is 0 Å². The first-order chi connectivity index (χ1) is 8.76. The highest BCUT2D eigenvalue weighted by Crippen LogP contribution is 2.09. The Labute approximate surface area is 114 Å². The maximum Gasteiger partial charge on any atom is 0.234 e. The van der Waals surface area contributed by atoms with Crippen LogP contribution >= 0.6 is 0 Å². The summed E-state index contributed by atoms with van der Waals surface area (Å²) in [6.45, 7) is 13.8. The molecule has 0 saturated carbocycles. The molecule has 3 heteroatoms. The third kappa shape index (κ3) is 4.23. The summed E-state index contributed by atoms with van der Waals surface area (Å²) in [6.07, 6.45) is 0. The molecule has 0 bridgehead atoms. The van der Waals surface area contributed by atoms with Gasteiger partial charge >= 0.3 is 0 Å². The zero-order chi connectivity index (χ0) is 13.4. The maximum absolute atomic E-state index is 2.66. The lowest BCUT2D eigenvalue weighted by Crippen LogP contribution is -2.54. The Hall–Kier alpha value is -0.643. The van der Waals surface area contributed by atoms with Crippen molar-refractivity contribution in [3.63, 3.8) is 0 Å². The van der Waals surface area contributed by atoms with E-state index >= 15 is 0 Å². The molecule has 0 saturated heterocycles. The Bertz CT molecular complexity index is 296. The SMILES string of the molecule is CCN(CC)[Si](Cc1ccccc1)N(CC)CC. The molecule has 1 radical (unpaired) electrons. The summed E-state index contributed by atoms with van der Waals surface area (Å²) in [5.74, 6) is 0. The highest BCUT2D eigenvalue weighted by atomic mass is 28.3. The van der Waals surface area contributed by atoms with Crippen LogP contribution < -0.4 is 0 Å². The van der Waals surface area contributed by atoms with E-state index in [4.69, 9.17) is 0 Å². The van der Waals surface area contributed by atoms with Crippen LogP contribution in [0.2, 0.25) is 0 Å². The van der Waals surface area contributed by atoms with Gasteiger partial charge in [0.05, 0.1) is 0 Å². The summed E-state index contributed by atoms with van der Waals surface area (Å²) in [4.78, 5) is 0. The van der Waals surface area contributed by atoms with E-state index in [2.05, 4.69) is 67.2 Å². The number of rotatable bonds is 8. The van der Waals surface area contributed by atoms with Gasteiger partial charge < -0.3 is 9.13 Å². The summed E-state index contributed by atoms with van der Waals surface area (Å²) < 4.78 is 5.31. The molecule has 0 aliphatic rings. The highest BCUT2D eigenvalue weighted by molar-refractivity contribution is 6.52. The van der Waals surface area contributed by atoms with Gasteiger partial charge in [-0.25, -0.2) is 0 Å². The molecule has 0 unspecified atom stereocenters. The van der Waals surface area contributed by atoms with Gasteiger partial charge in [-0.3, -0.25) is 0 Å². The molecular weight excluding hydrogens is 236 g/mol. The third-order valence-corrected chi connectivity index (χ3v) is 6.91. The second kappa shape index (κ2) is 8.46. The molecule has 0 heterocycles. The quantitative estimate of drug-likeness (QED) is 0.665. The van der Waals surface area contributed by atoms with Crippen LogP contribution in [0.1, 0.15) is 33.3 Å². The van der Waals surface area contributed by atoms with Crippen molar-refractivity contribution in [1.82, 2.24) is 9.13 Å². The van der Waals surface area contributed by atoms with Gasteiger partial charge in [-0.2, -0.15) is 0 Å². The van der Waals surface area contributed by atoms with E-state index in [1.54, 1.807) is 0 Å². The molecule has 1 rings (SSSR count). The predicted molar refractivity (Wildman–Crippen MR) is 81.7 cm³/mol. The Morgan fingerprint density at radius 1 is 0.778 bits per heavy atom. The monoisotopic (exact) mass is 263 g/mol. The van der Waals surface area contributed by atoms with Crippen molar-refractivity contribution in [2.75, 3.05) is 26.2 Å². The smallest absolute Gasteiger partial charge is 0.234 e. The van der Waals surface area contributed by atoms with Crippen LogP contribution in [-0.4, -0.2) is 44.4 Å². The van der Waals surface area contributed by atoms with E-state index in [1.165, 1.54) is 11.6 Å². The average molecular weight is 263 g/mol. The lowest BCUT2D eigenvalue weighted by atomic mass is 10.2. The molecule has 1 aromatic carbocycles. The van der Waals surface area contributed by atoms with Gasteiger partial charge in [-0.1, -0.05) is 58.0 Å². The van der Waals surface area contributed by atoms with Crippen LogP contribution in [0.15, 0.2) is 30.3 Å². The first-order valence-corrected chi connectivity index (χ1v) is 8.76. The molecule has 0 aliphatic carbocycles. The number of benzene rings is 1. The summed E-state index contributed by atoms with van der Waals surface area (Å²) in [5, 5.41) is 0. The van der Waals surface area contributed by atoms with Crippen LogP contribution in [0.3, 0.4) is 0 Å². The molecule has 0 amide bonds. The molecule has 18 heavy (non-hydrogen) atoms. The second-order valence-electron chi connectivity index (χ2n) is 4.42. The van der Waals surface area contributed by atoms with Gasteiger partial charge in [0.2, 0.25) is 9.12 Å². The normalized spacial score (nSPS) is 11.7. The molecule has 101 valence electrons. The van der Waals surface area contributed by atoms with Crippen molar-refractivity contribution in [2.24, 2.45) is 0 Å². The van der Waals surface area contributed by atoms with E-state index in [-0.39, 0.29) is 0 Å². The molecular formula is C15H27N2Si. The largest absolute Gasteiger partial charge is 0.312 e. The van der Waals surface area contributed by atoms with Gasteiger partial charge in [0.1, 0.15) is 0 Å². The number of nitrogens with zero attached hydrogens (tertiary/aromatic N) is 2. The first kappa shape index (κ1) is 15.4. The van der Waals surface area contributed by atoms with Crippen molar-refractivity contribution in [1.29, 1.82) is 0 Å². The van der Waals surface area contributed by atoms with Gasteiger partial charge in [0.25, 0.3) is 0 Å². The number of hydrogen-bond acceptors (Lipinski definition) is 2. The summed E-state index contributed by atoms with van der Waals surface area (Å²) in [6, 6.07) is 12.1. The van der Waals surface area contributed by atoms with Crippen LogP contribution in [0, 0.1) is 0 Å². The van der Waals surface area contributed by atoms with Crippen LogP contribution in [0.4, 0.5) is 0 Å². The molecule has 0 atom stereocenters. The maximum atomic E-state index is 2.66. The Kier molecular flexibility index (Phi) is 7.24. The van der Waals surface area contributed by atoms with Gasteiger partial charge in [-0.15, -0.1) is 0 Å². The Balaban J connectivity index is 2.83. The summed E-state index contributed by atoms with van der Waals surface area (Å²) in [7, 11) is -0.611. The van der Waals surface area contributed by atoms with Crippen molar-refractivity contribution < 1.29 is 0 Å². The van der Waals surface area contributed by atoms with E-state index in [0.717, 1.165) is 26.2 Å². The fourth-order valence-electron chi connectivity index (χ4n) is 2.38. The number of hydrogen-bond donors (Lipinski definition) is 0. The molecule has 1 aromatic rings. The lowest BCUT2D eigenvalue weighted by Gasteiger charge is -2.35. The fourth-order valence-corrected chi connectivity index (χ4v) is 5.29. The molecule has 0 fully saturated rings. The van der Waals surface area contributed by atoms with Crippen LogP contribution in [0.5, 0.6) is 0 Å². The zero-order valence-electron chi connectivity index (χ0n) is 12.3. The first-order valence-electron chi connectivity index (χ1n) is 7.16. The van der Waals surface area contributed by atoms with E-state index in [0.29, 0.717) is 0 Å². The minimum Gasteiger partial charge on any atom is -0.312 e. The predicted octanol–water partition coefficient (Wildman–Crippen LogP) is 2.94. The third-order valence-electron chi connectivity index (χ3n) is 3.46. The summed E-state index contributed by atoms with van der Waals surface area (Å²) in [5.41, 5.74) is 1.48. The Morgan fingerprint density at radius 2 is 1.22 bits per heavy atom. The van der Waals surface area contributed by atoms with Crippen molar-refractivity contribution in [2.45, 2.75) is 33.7 Å². The molecule has 0 aromatic heterocycles. The van der Waals surface area contributed by atoms with E-state index in [9.17, 15) is 0 Å². The standard InChI is InChI=1S/C15H27N2Si/c1-5-16(6-2)18(17(7-3)8-4)14-15-12-10-9-11-13-15/h9-13H,5-8,14H2,1-4H3. The molecule has 0 N–H and O–H groups in total.